The Kier molecular flexibility index (Phi) is 5.61. The van der Waals surface area contributed by atoms with Crippen LogP contribution < -0.4 is 16.0 Å². The number of carbonyl (C=O) groups is 2. The summed E-state index contributed by atoms with van der Waals surface area (Å²) in [4.78, 5) is 28.0. The van der Waals surface area contributed by atoms with Crippen LogP contribution in [0, 0.1) is 5.92 Å². The van der Waals surface area contributed by atoms with Crippen LogP contribution in [0.15, 0.2) is 54.9 Å². The van der Waals surface area contributed by atoms with Crippen molar-refractivity contribution in [2.24, 2.45) is 5.92 Å². The SMILES string of the molecule is O=C(CNC(=O)N[C@H](c1ccccc1)C1CCC1)Nc1cccnc1. The molecule has 1 fully saturated rings. The molecule has 6 nitrogen and oxygen atoms in total. The van der Waals surface area contributed by atoms with Crippen molar-refractivity contribution in [1.82, 2.24) is 15.6 Å². The molecule has 1 aromatic heterocycles. The van der Waals surface area contributed by atoms with Crippen LogP contribution in [-0.4, -0.2) is 23.5 Å². The molecule has 1 aromatic carbocycles. The molecule has 0 bridgehead atoms. The molecule has 0 aliphatic heterocycles. The molecule has 1 aliphatic carbocycles. The van der Waals surface area contributed by atoms with Crippen LogP contribution in [0.3, 0.4) is 0 Å². The van der Waals surface area contributed by atoms with E-state index in [1.165, 1.54) is 6.42 Å². The normalized spacial score (nSPS) is 14.9. The Labute approximate surface area is 147 Å². The van der Waals surface area contributed by atoms with Gasteiger partial charge in [0.1, 0.15) is 0 Å². The second-order valence-electron chi connectivity index (χ2n) is 6.20. The molecule has 6 heteroatoms. The van der Waals surface area contributed by atoms with E-state index in [1.54, 1.807) is 24.5 Å². The summed E-state index contributed by atoms with van der Waals surface area (Å²) < 4.78 is 0. The molecular formula is C19H22N4O2. The minimum absolute atomic E-state index is 0.0173. The topological polar surface area (TPSA) is 83.1 Å². The second-order valence-corrected chi connectivity index (χ2v) is 6.20. The maximum Gasteiger partial charge on any atom is 0.315 e. The Morgan fingerprint density at radius 1 is 1.12 bits per heavy atom. The lowest BCUT2D eigenvalue weighted by atomic mass is 9.77. The van der Waals surface area contributed by atoms with Crippen molar-refractivity contribution in [2.45, 2.75) is 25.3 Å². The van der Waals surface area contributed by atoms with Crippen LogP contribution in [0.2, 0.25) is 0 Å². The second kappa shape index (κ2) is 8.28. The van der Waals surface area contributed by atoms with Gasteiger partial charge in [-0.05, 0) is 36.5 Å². The van der Waals surface area contributed by atoms with Crippen molar-refractivity contribution in [1.29, 1.82) is 0 Å². The largest absolute Gasteiger partial charge is 0.331 e. The minimum Gasteiger partial charge on any atom is -0.331 e. The number of pyridine rings is 1. The van der Waals surface area contributed by atoms with Crippen molar-refractivity contribution in [3.8, 4) is 0 Å². The number of nitrogens with one attached hydrogen (secondary N) is 3. The highest BCUT2D eigenvalue weighted by Gasteiger charge is 2.29. The van der Waals surface area contributed by atoms with Crippen LogP contribution in [0.4, 0.5) is 10.5 Å². The third kappa shape index (κ3) is 4.79. The molecule has 0 unspecified atom stereocenters. The minimum atomic E-state index is -0.331. The van der Waals surface area contributed by atoms with Gasteiger partial charge in [0, 0.05) is 6.20 Å². The van der Waals surface area contributed by atoms with Crippen LogP contribution in [0.5, 0.6) is 0 Å². The van der Waals surface area contributed by atoms with Gasteiger partial charge in [-0.25, -0.2) is 4.79 Å². The molecule has 130 valence electrons. The van der Waals surface area contributed by atoms with Crippen LogP contribution in [0.25, 0.3) is 0 Å². The predicted octanol–water partition coefficient (Wildman–Crippen LogP) is 2.86. The number of anilines is 1. The van der Waals surface area contributed by atoms with E-state index < -0.39 is 0 Å². The van der Waals surface area contributed by atoms with Gasteiger partial charge in [0.05, 0.1) is 24.5 Å². The van der Waals surface area contributed by atoms with E-state index in [2.05, 4.69) is 20.9 Å². The molecule has 3 amide bonds. The quantitative estimate of drug-likeness (QED) is 0.757. The van der Waals surface area contributed by atoms with Gasteiger partial charge in [0.15, 0.2) is 0 Å². The molecule has 1 atom stereocenters. The summed E-state index contributed by atoms with van der Waals surface area (Å²) in [7, 11) is 0. The van der Waals surface area contributed by atoms with Gasteiger partial charge in [0.2, 0.25) is 5.91 Å². The summed E-state index contributed by atoms with van der Waals surface area (Å²) in [5, 5.41) is 8.32. The average molecular weight is 338 g/mol. The Morgan fingerprint density at radius 3 is 2.56 bits per heavy atom. The zero-order valence-electron chi connectivity index (χ0n) is 13.9. The zero-order chi connectivity index (χ0) is 17.5. The first-order chi connectivity index (χ1) is 12.2. The number of aromatic nitrogens is 1. The van der Waals surface area contributed by atoms with Gasteiger partial charge in [-0.2, -0.15) is 0 Å². The summed E-state index contributed by atoms with van der Waals surface area (Å²) in [6.45, 7) is -0.0904. The van der Waals surface area contributed by atoms with Gasteiger partial charge in [0.25, 0.3) is 0 Å². The van der Waals surface area contributed by atoms with E-state index in [1.807, 2.05) is 30.3 Å². The standard InChI is InChI=1S/C19H22N4O2/c24-17(22-16-10-5-11-20-12-16)13-21-19(25)23-18(15-8-4-9-15)14-6-2-1-3-7-14/h1-3,5-7,10-12,15,18H,4,8-9,13H2,(H,22,24)(H2,21,23,25)/t18-/m1/s1. The molecule has 25 heavy (non-hydrogen) atoms. The number of rotatable bonds is 6. The van der Waals surface area contributed by atoms with Crippen molar-refractivity contribution < 1.29 is 9.59 Å². The van der Waals surface area contributed by atoms with E-state index in [9.17, 15) is 9.59 Å². The fourth-order valence-electron chi connectivity index (χ4n) is 2.90. The maximum absolute atomic E-state index is 12.2. The third-order valence-corrected chi connectivity index (χ3v) is 4.42. The van der Waals surface area contributed by atoms with Crippen molar-refractivity contribution in [3.63, 3.8) is 0 Å². The Hall–Kier alpha value is -2.89. The van der Waals surface area contributed by atoms with Gasteiger partial charge < -0.3 is 16.0 Å². The summed E-state index contributed by atoms with van der Waals surface area (Å²) >= 11 is 0. The predicted molar refractivity (Wildman–Crippen MR) is 95.9 cm³/mol. The third-order valence-electron chi connectivity index (χ3n) is 4.42. The van der Waals surface area contributed by atoms with Crippen LogP contribution >= 0.6 is 0 Å². The number of carbonyl (C=O) groups excluding carboxylic acids is 2. The molecule has 2 aromatic rings. The van der Waals surface area contributed by atoms with E-state index >= 15 is 0 Å². The van der Waals surface area contributed by atoms with E-state index in [-0.39, 0.29) is 24.5 Å². The Morgan fingerprint density at radius 2 is 1.92 bits per heavy atom. The van der Waals surface area contributed by atoms with Gasteiger partial charge in [-0.15, -0.1) is 0 Å². The Balaban J connectivity index is 1.51. The first-order valence-corrected chi connectivity index (χ1v) is 8.51. The molecule has 0 radical (unpaired) electrons. The van der Waals surface area contributed by atoms with Crippen molar-refractivity contribution in [2.75, 3.05) is 11.9 Å². The molecule has 3 rings (SSSR count). The summed E-state index contributed by atoms with van der Waals surface area (Å²) in [5.41, 5.74) is 1.70. The average Bonchev–Trinajstić information content (AvgIpc) is 2.59. The molecule has 1 heterocycles. The van der Waals surface area contributed by atoms with Gasteiger partial charge in [-0.1, -0.05) is 36.8 Å². The van der Waals surface area contributed by atoms with Gasteiger partial charge >= 0.3 is 6.03 Å². The van der Waals surface area contributed by atoms with Crippen molar-refractivity contribution >= 4 is 17.6 Å². The number of hydrogen-bond acceptors (Lipinski definition) is 3. The van der Waals surface area contributed by atoms with Crippen LogP contribution in [0.1, 0.15) is 30.9 Å². The lowest BCUT2D eigenvalue weighted by molar-refractivity contribution is -0.115. The fourth-order valence-corrected chi connectivity index (χ4v) is 2.90. The molecular weight excluding hydrogens is 316 g/mol. The lowest BCUT2D eigenvalue weighted by Crippen LogP contribution is -2.44. The number of nitrogens with zero attached hydrogens (tertiary/aromatic N) is 1. The number of hydrogen-bond donors (Lipinski definition) is 3. The zero-order valence-corrected chi connectivity index (χ0v) is 13.9. The summed E-state index contributed by atoms with van der Waals surface area (Å²) in [5.74, 6) is 0.167. The smallest absolute Gasteiger partial charge is 0.315 e. The Bertz CT molecular complexity index is 702. The highest BCUT2D eigenvalue weighted by atomic mass is 16.2. The highest BCUT2D eigenvalue weighted by molar-refractivity contribution is 5.94. The molecule has 1 aliphatic rings. The maximum atomic E-state index is 12.2. The first-order valence-electron chi connectivity index (χ1n) is 8.51. The first kappa shape index (κ1) is 17.0. The monoisotopic (exact) mass is 338 g/mol. The summed E-state index contributed by atoms with van der Waals surface area (Å²) in [6, 6.07) is 13.1. The lowest BCUT2D eigenvalue weighted by Gasteiger charge is -2.34. The van der Waals surface area contributed by atoms with Crippen molar-refractivity contribution in [3.05, 3.63) is 60.4 Å². The number of amides is 3. The van der Waals surface area contributed by atoms with E-state index in [0.29, 0.717) is 11.6 Å². The highest BCUT2D eigenvalue weighted by Crippen LogP contribution is 2.37. The molecule has 3 N–H and O–H groups in total. The van der Waals surface area contributed by atoms with Crippen LogP contribution in [-0.2, 0) is 4.79 Å². The number of urea groups is 1. The van der Waals surface area contributed by atoms with E-state index in [0.717, 1.165) is 18.4 Å². The summed E-state index contributed by atoms with van der Waals surface area (Å²) in [6.07, 6.45) is 6.61. The molecule has 0 spiro atoms. The van der Waals surface area contributed by atoms with E-state index in [4.69, 9.17) is 0 Å². The fraction of sp³-hybridized carbons (Fsp3) is 0.316. The molecule has 1 saturated carbocycles. The number of benzene rings is 1. The van der Waals surface area contributed by atoms with Gasteiger partial charge in [-0.3, -0.25) is 9.78 Å². The molecule has 0 saturated heterocycles.